The molecule has 1 rings (SSSR count). The van der Waals surface area contributed by atoms with E-state index >= 15 is 0 Å². The molecule has 0 aliphatic rings. The number of carbonyl (C=O) groups is 1. The second-order valence-electron chi connectivity index (χ2n) is 4.19. The number of aromatic carboxylic acids is 1. The van der Waals surface area contributed by atoms with Crippen molar-refractivity contribution in [3.05, 3.63) is 39.4 Å². The lowest BCUT2D eigenvalue weighted by Gasteiger charge is -2.09. The average molecular weight is 268 g/mol. The van der Waals surface area contributed by atoms with Gasteiger partial charge in [0.25, 0.3) is 5.69 Å². The van der Waals surface area contributed by atoms with Crippen LogP contribution in [0.1, 0.15) is 29.3 Å². The van der Waals surface area contributed by atoms with E-state index in [0.717, 1.165) is 0 Å². The van der Waals surface area contributed by atoms with Gasteiger partial charge in [0, 0.05) is 12.6 Å². The van der Waals surface area contributed by atoms with E-state index in [1.165, 1.54) is 18.2 Å². The normalized spacial score (nSPS) is 12.1. The van der Waals surface area contributed by atoms with Gasteiger partial charge in [-0.2, -0.15) is 0 Å². The number of hydrogen-bond acceptors (Lipinski definition) is 5. The van der Waals surface area contributed by atoms with Crippen LogP contribution in [0.3, 0.4) is 0 Å². The summed E-state index contributed by atoms with van der Waals surface area (Å²) in [4.78, 5) is 21.2. The number of rotatable bonds is 7. The lowest BCUT2D eigenvalue weighted by molar-refractivity contribution is -0.385. The number of carboxylic acids is 1. The van der Waals surface area contributed by atoms with Crippen molar-refractivity contribution in [3.8, 4) is 0 Å². The van der Waals surface area contributed by atoms with E-state index < -0.39 is 22.7 Å². The molecular weight excluding hydrogens is 252 g/mol. The highest BCUT2D eigenvalue weighted by molar-refractivity contribution is 5.94. The van der Waals surface area contributed by atoms with Crippen LogP contribution in [0.4, 0.5) is 5.69 Å². The first-order valence-electron chi connectivity index (χ1n) is 5.81. The third kappa shape index (κ3) is 4.31. The van der Waals surface area contributed by atoms with Crippen molar-refractivity contribution >= 4 is 11.7 Å². The molecule has 19 heavy (non-hydrogen) atoms. The van der Waals surface area contributed by atoms with E-state index in [-0.39, 0.29) is 12.1 Å². The van der Waals surface area contributed by atoms with Gasteiger partial charge >= 0.3 is 5.97 Å². The van der Waals surface area contributed by atoms with Gasteiger partial charge in [0.05, 0.1) is 11.0 Å². The summed E-state index contributed by atoms with van der Waals surface area (Å²) in [6.07, 6.45) is 0.0775. The molecule has 0 heterocycles. The molecule has 0 aromatic heterocycles. The summed E-state index contributed by atoms with van der Waals surface area (Å²) in [5.41, 5.74) is -0.355. The van der Waals surface area contributed by atoms with Crippen molar-refractivity contribution in [2.24, 2.45) is 0 Å². The summed E-state index contributed by atoms with van der Waals surface area (Å²) in [5.74, 6) is -1.32. The van der Waals surface area contributed by atoms with Crippen LogP contribution in [0.25, 0.3) is 0 Å². The molecule has 0 saturated carbocycles. The van der Waals surface area contributed by atoms with Crippen LogP contribution in [0.2, 0.25) is 0 Å². The van der Waals surface area contributed by atoms with Gasteiger partial charge in [-0.25, -0.2) is 4.79 Å². The Morgan fingerprint density at radius 1 is 1.53 bits per heavy atom. The molecule has 104 valence electrons. The van der Waals surface area contributed by atoms with E-state index in [0.29, 0.717) is 18.5 Å². The number of nitro benzene ring substituents is 1. The van der Waals surface area contributed by atoms with Crippen LogP contribution in [-0.4, -0.2) is 33.8 Å². The molecule has 0 aliphatic carbocycles. The first-order valence-corrected chi connectivity index (χ1v) is 5.81. The predicted octanol–water partition coefficient (Wildman–Crippen LogP) is 1.15. The molecule has 0 radical (unpaired) electrons. The highest BCUT2D eigenvalue weighted by Crippen LogP contribution is 2.22. The second-order valence-corrected chi connectivity index (χ2v) is 4.19. The molecule has 3 N–H and O–H groups in total. The smallest absolute Gasteiger partial charge is 0.343 e. The molecule has 0 fully saturated rings. The third-order valence-corrected chi connectivity index (χ3v) is 2.59. The van der Waals surface area contributed by atoms with E-state index in [2.05, 4.69) is 5.32 Å². The number of carboxylic acid groups (broad SMARTS) is 1. The molecule has 0 aliphatic heterocycles. The van der Waals surface area contributed by atoms with Crippen LogP contribution < -0.4 is 5.32 Å². The first kappa shape index (κ1) is 15.1. The number of aliphatic hydroxyl groups excluding tert-OH is 1. The minimum Gasteiger partial charge on any atom is -0.477 e. The van der Waals surface area contributed by atoms with Gasteiger partial charge in [0.15, 0.2) is 0 Å². The molecule has 0 saturated heterocycles. The molecule has 1 aromatic carbocycles. The zero-order valence-corrected chi connectivity index (χ0v) is 10.5. The maximum Gasteiger partial charge on any atom is 0.343 e. The number of aliphatic hydroxyl groups is 1. The standard InChI is InChI=1S/C12H16N2O5/c1-8(15)5-6-13-7-9-3-2-4-10(14(18)19)11(9)12(16)17/h2-4,8,13,15H,5-7H2,1H3,(H,16,17). The molecule has 0 amide bonds. The van der Waals surface area contributed by atoms with Crippen LogP contribution in [0.5, 0.6) is 0 Å². The Balaban J connectivity index is 2.85. The summed E-state index contributed by atoms with van der Waals surface area (Å²) in [7, 11) is 0. The number of nitrogens with one attached hydrogen (secondary N) is 1. The van der Waals surface area contributed by atoms with Crippen molar-refractivity contribution in [1.29, 1.82) is 0 Å². The van der Waals surface area contributed by atoms with Crippen LogP contribution in [0.15, 0.2) is 18.2 Å². The van der Waals surface area contributed by atoms with Gasteiger partial charge < -0.3 is 15.5 Å². The average Bonchev–Trinajstić information content (AvgIpc) is 2.33. The van der Waals surface area contributed by atoms with Gasteiger partial charge in [-0.15, -0.1) is 0 Å². The Morgan fingerprint density at radius 2 is 2.21 bits per heavy atom. The molecule has 1 unspecified atom stereocenters. The number of benzene rings is 1. The fourth-order valence-corrected chi connectivity index (χ4v) is 1.67. The quantitative estimate of drug-likeness (QED) is 0.388. The SMILES string of the molecule is CC(O)CCNCc1cccc([N+](=O)[O-])c1C(=O)O. The Bertz CT molecular complexity index is 473. The minimum atomic E-state index is -1.32. The topological polar surface area (TPSA) is 113 Å². The van der Waals surface area contributed by atoms with Crippen molar-refractivity contribution in [1.82, 2.24) is 5.32 Å². The largest absolute Gasteiger partial charge is 0.477 e. The van der Waals surface area contributed by atoms with Gasteiger partial charge in [0.2, 0.25) is 0 Å². The zero-order valence-electron chi connectivity index (χ0n) is 10.5. The fourth-order valence-electron chi connectivity index (χ4n) is 1.67. The second kappa shape index (κ2) is 6.81. The minimum absolute atomic E-state index is 0.204. The predicted molar refractivity (Wildman–Crippen MR) is 68.1 cm³/mol. The fraction of sp³-hybridized carbons (Fsp3) is 0.417. The van der Waals surface area contributed by atoms with E-state index in [1.54, 1.807) is 6.92 Å². The Hall–Kier alpha value is -1.99. The summed E-state index contributed by atoms with van der Waals surface area (Å²) in [5, 5.41) is 31.9. The van der Waals surface area contributed by atoms with Crippen LogP contribution >= 0.6 is 0 Å². The van der Waals surface area contributed by atoms with Crippen molar-refractivity contribution in [2.75, 3.05) is 6.54 Å². The van der Waals surface area contributed by atoms with Crippen molar-refractivity contribution < 1.29 is 19.9 Å². The number of nitro groups is 1. The molecule has 0 bridgehead atoms. The lowest BCUT2D eigenvalue weighted by Crippen LogP contribution is -2.20. The van der Waals surface area contributed by atoms with Crippen molar-refractivity contribution in [2.45, 2.75) is 26.0 Å². The van der Waals surface area contributed by atoms with Crippen LogP contribution in [0, 0.1) is 10.1 Å². The van der Waals surface area contributed by atoms with Crippen molar-refractivity contribution in [3.63, 3.8) is 0 Å². The van der Waals surface area contributed by atoms with E-state index in [9.17, 15) is 14.9 Å². The van der Waals surface area contributed by atoms with Gasteiger partial charge in [-0.3, -0.25) is 10.1 Å². The summed E-state index contributed by atoms with van der Waals surface area (Å²) in [6, 6.07) is 4.16. The zero-order chi connectivity index (χ0) is 14.4. The molecule has 1 atom stereocenters. The molecule has 1 aromatic rings. The maximum absolute atomic E-state index is 11.1. The Labute approximate surface area is 110 Å². The number of hydrogen-bond donors (Lipinski definition) is 3. The lowest BCUT2D eigenvalue weighted by atomic mass is 10.1. The Kier molecular flexibility index (Phi) is 5.40. The highest BCUT2D eigenvalue weighted by Gasteiger charge is 2.22. The van der Waals surface area contributed by atoms with Gasteiger partial charge in [-0.1, -0.05) is 12.1 Å². The first-order chi connectivity index (χ1) is 8.93. The van der Waals surface area contributed by atoms with Crippen LogP contribution in [-0.2, 0) is 6.54 Å². The summed E-state index contributed by atoms with van der Waals surface area (Å²) >= 11 is 0. The summed E-state index contributed by atoms with van der Waals surface area (Å²) in [6.45, 7) is 2.35. The van der Waals surface area contributed by atoms with Gasteiger partial charge in [0.1, 0.15) is 5.56 Å². The van der Waals surface area contributed by atoms with E-state index in [4.69, 9.17) is 10.2 Å². The monoisotopic (exact) mass is 268 g/mol. The number of nitrogens with zero attached hydrogens (tertiary/aromatic N) is 1. The molecule has 0 spiro atoms. The van der Waals surface area contributed by atoms with Gasteiger partial charge in [-0.05, 0) is 25.5 Å². The van der Waals surface area contributed by atoms with E-state index in [1.807, 2.05) is 0 Å². The highest BCUT2D eigenvalue weighted by atomic mass is 16.6. The molecular formula is C12H16N2O5. The Morgan fingerprint density at radius 3 is 2.74 bits per heavy atom. The molecule has 7 nitrogen and oxygen atoms in total. The molecule has 7 heteroatoms. The third-order valence-electron chi connectivity index (χ3n) is 2.59. The summed E-state index contributed by atoms with van der Waals surface area (Å²) < 4.78 is 0. The maximum atomic E-state index is 11.1.